The van der Waals surface area contributed by atoms with Crippen LogP contribution >= 0.6 is 0 Å². The Hall–Kier alpha value is -2.49. The molecule has 0 spiro atoms. The Morgan fingerprint density at radius 2 is 1.54 bits per heavy atom. The molecule has 26 heavy (non-hydrogen) atoms. The number of carbonyl (C=O) groups is 1. The lowest BCUT2D eigenvalue weighted by atomic mass is 9.69. The van der Waals surface area contributed by atoms with Gasteiger partial charge in [0.05, 0.1) is 0 Å². The zero-order valence-electron chi connectivity index (χ0n) is 15.7. The van der Waals surface area contributed by atoms with Gasteiger partial charge in [-0.1, -0.05) is 81.4 Å². The predicted octanol–water partition coefficient (Wildman–Crippen LogP) is 5.23. The summed E-state index contributed by atoms with van der Waals surface area (Å²) in [5, 5.41) is 11.3. The molecule has 2 rings (SSSR count). The van der Waals surface area contributed by atoms with Crippen LogP contribution in [-0.2, 0) is 0 Å². The van der Waals surface area contributed by atoms with Crippen LogP contribution in [0.5, 0.6) is 0 Å². The highest BCUT2D eigenvalue weighted by Gasteiger charge is 2.39. The monoisotopic (exact) mass is 353 g/mol. The highest BCUT2D eigenvalue weighted by atomic mass is 16.6. The molecule has 0 saturated heterocycles. The zero-order chi connectivity index (χ0) is 19.1. The summed E-state index contributed by atoms with van der Waals surface area (Å²) in [6.45, 7) is 5.80. The summed E-state index contributed by atoms with van der Waals surface area (Å²) in [7, 11) is 0. The number of nitro groups is 1. The standard InChI is InChI=1S/C22H27NO3/c1-4-19(17-11-7-5-8-12-17)21(20(16(2)3)15-23(25)26)22(24)18-13-9-6-10-14-18/h5-14,16,19-21H,4,15H2,1-3H3/t19-,20+,21+/m1/s1. The average molecular weight is 353 g/mol. The van der Waals surface area contributed by atoms with Crippen molar-refractivity contribution in [2.75, 3.05) is 6.54 Å². The molecule has 0 aliphatic carbocycles. The number of ketones is 1. The van der Waals surface area contributed by atoms with Crippen LogP contribution in [0.25, 0.3) is 0 Å². The van der Waals surface area contributed by atoms with E-state index in [4.69, 9.17) is 0 Å². The van der Waals surface area contributed by atoms with E-state index in [1.54, 1.807) is 12.1 Å². The summed E-state index contributed by atoms with van der Waals surface area (Å²) in [4.78, 5) is 24.5. The fourth-order valence-electron chi connectivity index (χ4n) is 3.78. The van der Waals surface area contributed by atoms with E-state index in [1.165, 1.54) is 0 Å². The Labute approximate surface area is 155 Å². The molecule has 4 nitrogen and oxygen atoms in total. The van der Waals surface area contributed by atoms with Gasteiger partial charge in [-0.3, -0.25) is 14.9 Å². The summed E-state index contributed by atoms with van der Waals surface area (Å²) in [6.07, 6.45) is 0.758. The van der Waals surface area contributed by atoms with Gasteiger partial charge in [0.25, 0.3) is 0 Å². The topological polar surface area (TPSA) is 60.2 Å². The van der Waals surface area contributed by atoms with Crippen molar-refractivity contribution in [2.24, 2.45) is 17.8 Å². The second kappa shape index (κ2) is 9.27. The minimum absolute atomic E-state index is 0.00172. The van der Waals surface area contributed by atoms with E-state index in [0.29, 0.717) is 5.56 Å². The lowest BCUT2D eigenvalue weighted by molar-refractivity contribution is -0.491. The van der Waals surface area contributed by atoms with E-state index in [2.05, 4.69) is 0 Å². The highest BCUT2D eigenvalue weighted by Crippen LogP contribution is 2.38. The lowest BCUT2D eigenvalue weighted by Gasteiger charge is -2.33. The normalized spacial score (nSPS) is 14.6. The first-order valence-corrected chi connectivity index (χ1v) is 9.21. The van der Waals surface area contributed by atoms with Crippen LogP contribution in [0.4, 0.5) is 0 Å². The number of benzene rings is 2. The van der Waals surface area contributed by atoms with Gasteiger partial charge >= 0.3 is 0 Å². The van der Waals surface area contributed by atoms with Crippen molar-refractivity contribution in [3.05, 3.63) is 81.9 Å². The van der Waals surface area contributed by atoms with Gasteiger partial charge in [-0.25, -0.2) is 0 Å². The summed E-state index contributed by atoms with van der Waals surface area (Å²) in [5.74, 6) is -0.744. The first-order chi connectivity index (χ1) is 12.5. The molecule has 0 heterocycles. The Kier molecular flexibility index (Phi) is 7.07. The van der Waals surface area contributed by atoms with E-state index in [1.807, 2.05) is 69.3 Å². The summed E-state index contributed by atoms with van der Waals surface area (Å²) >= 11 is 0. The lowest BCUT2D eigenvalue weighted by Crippen LogP contribution is -2.37. The molecule has 0 aliphatic rings. The van der Waals surface area contributed by atoms with E-state index in [-0.39, 0.29) is 35.0 Å². The van der Waals surface area contributed by atoms with E-state index >= 15 is 0 Å². The molecule has 2 aromatic carbocycles. The molecule has 0 fully saturated rings. The third-order valence-corrected chi connectivity index (χ3v) is 5.14. The Balaban J connectivity index is 2.52. The van der Waals surface area contributed by atoms with Crippen LogP contribution in [0.15, 0.2) is 60.7 Å². The van der Waals surface area contributed by atoms with Crippen molar-refractivity contribution in [1.82, 2.24) is 0 Å². The molecule has 0 N–H and O–H groups in total. The molecule has 0 amide bonds. The van der Waals surface area contributed by atoms with Crippen LogP contribution < -0.4 is 0 Å². The van der Waals surface area contributed by atoms with E-state index in [9.17, 15) is 14.9 Å². The van der Waals surface area contributed by atoms with Crippen LogP contribution in [0, 0.1) is 27.9 Å². The predicted molar refractivity (Wildman–Crippen MR) is 104 cm³/mol. The number of carbonyl (C=O) groups excluding carboxylic acids is 1. The fourth-order valence-corrected chi connectivity index (χ4v) is 3.78. The number of nitrogens with zero attached hydrogens (tertiary/aromatic N) is 1. The van der Waals surface area contributed by atoms with Crippen LogP contribution in [0.2, 0.25) is 0 Å². The molecule has 0 unspecified atom stereocenters. The summed E-state index contributed by atoms with van der Waals surface area (Å²) in [5.41, 5.74) is 1.69. The number of rotatable bonds is 9. The molecule has 3 atom stereocenters. The number of Topliss-reactive ketones (excluding diaryl/α,β-unsaturated/α-hetero) is 1. The number of hydrogen-bond donors (Lipinski definition) is 0. The van der Waals surface area contributed by atoms with Crippen molar-refractivity contribution >= 4 is 5.78 Å². The smallest absolute Gasteiger partial charge is 0.207 e. The minimum atomic E-state index is -0.421. The van der Waals surface area contributed by atoms with Gasteiger partial charge in [-0.05, 0) is 23.8 Å². The molecule has 4 heteroatoms. The Morgan fingerprint density at radius 3 is 2.00 bits per heavy atom. The molecule has 138 valence electrons. The summed E-state index contributed by atoms with van der Waals surface area (Å²) in [6, 6.07) is 19.1. The van der Waals surface area contributed by atoms with Gasteiger partial charge in [-0.2, -0.15) is 0 Å². The minimum Gasteiger partial charge on any atom is -0.294 e. The second-order valence-electron chi connectivity index (χ2n) is 7.10. The summed E-state index contributed by atoms with van der Waals surface area (Å²) < 4.78 is 0. The molecular formula is C22H27NO3. The first-order valence-electron chi connectivity index (χ1n) is 9.21. The maximum Gasteiger partial charge on any atom is 0.207 e. The third-order valence-electron chi connectivity index (χ3n) is 5.14. The molecule has 0 saturated carbocycles. The molecule has 0 aliphatic heterocycles. The van der Waals surface area contributed by atoms with Crippen molar-refractivity contribution < 1.29 is 9.72 Å². The van der Waals surface area contributed by atoms with Gasteiger partial charge in [0.2, 0.25) is 6.54 Å². The maximum absolute atomic E-state index is 13.4. The SMILES string of the molecule is CC[C@H](c1ccccc1)[C@H](C(=O)c1ccccc1)[C@@H](C[N+](=O)[O-])C(C)C. The van der Waals surface area contributed by atoms with Gasteiger partial charge in [0.15, 0.2) is 5.78 Å². The van der Waals surface area contributed by atoms with Gasteiger partial charge < -0.3 is 0 Å². The third kappa shape index (κ3) is 4.78. The molecule has 0 aromatic heterocycles. The average Bonchev–Trinajstić information content (AvgIpc) is 2.65. The molecule has 0 radical (unpaired) electrons. The van der Waals surface area contributed by atoms with Crippen molar-refractivity contribution in [3.8, 4) is 0 Å². The Morgan fingerprint density at radius 1 is 1.00 bits per heavy atom. The first kappa shape index (κ1) is 19.8. The van der Waals surface area contributed by atoms with Crippen molar-refractivity contribution in [3.63, 3.8) is 0 Å². The van der Waals surface area contributed by atoms with E-state index < -0.39 is 5.92 Å². The van der Waals surface area contributed by atoms with Gasteiger partial charge in [-0.15, -0.1) is 0 Å². The maximum atomic E-state index is 13.4. The largest absolute Gasteiger partial charge is 0.294 e. The van der Waals surface area contributed by atoms with Crippen LogP contribution in [0.3, 0.4) is 0 Å². The number of hydrogen-bond acceptors (Lipinski definition) is 3. The highest BCUT2D eigenvalue weighted by molar-refractivity contribution is 5.98. The molecule has 2 aromatic rings. The van der Waals surface area contributed by atoms with Gasteiger partial charge in [0.1, 0.15) is 0 Å². The second-order valence-corrected chi connectivity index (χ2v) is 7.10. The Bertz CT molecular complexity index is 713. The van der Waals surface area contributed by atoms with Crippen molar-refractivity contribution in [1.29, 1.82) is 0 Å². The van der Waals surface area contributed by atoms with Crippen LogP contribution in [0.1, 0.15) is 49.0 Å². The quantitative estimate of drug-likeness (QED) is 0.352. The van der Waals surface area contributed by atoms with E-state index in [0.717, 1.165) is 12.0 Å². The van der Waals surface area contributed by atoms with Crippen molar-refractivity contribution in [2.45, 2.75) is 33.1 Å². The van der Waals surface area contributed by atoms with Crippen LogP contribution in [-0.4, -0.2) is 17.3 Å². The molecular weight excluding hydrogens is 326 g/mol. The molecule has 0 bridgehead atoms. The zero-order valence-corrected chi connectivity index (χ0v) is 15.7. The fraction of sp³-hybridized carbons (Fsp3) is 0.409. The van der Waals surface area contributed by atoms with Gasteiger partial charge in [0, 0.05) is 22.3 Å².